The lowest BCUT2D eigenvalue weighted by Gasteiger charge is -2.13. The minimum Gasteiger partial charge on any atom is -0.497 e. The molecule has 0 atom stereocenters. The molecule has 0 bridgehead atoms. The van der Waals surface area contributed by atoms with Gasteiger partial charge in [0.05, 0.1) is 25.8 Å². The Morgan fingerprint density at radius 3 is 2.75 bits per heavy atom. The highest BCUT2D eigenvalue weighted by molar-refractivity contribution is 7.22. The molecule has 0 radical (unpaired) electrons. The molecule has 1 aromatic carbocycles. The Kier molecular flexibility index (Phi) is 4.94. The summed E-state index contributed by atoms with van der Waals surface area (Å²) in [6.07, 6.45) is 0. The molecule has 0 aliphatic heterocycles. The number of nitrogens with one attached hydrogen (secondary N) is 1. The van der Waals surface area contributed by atoms with Crippen LogP contribution in [0.3, 0.4) is 0 Å². The number of rotatable bonds is 6. The van der Waals surface area contributed by atoms with Gasteiger partial charge in [-0.2, -0.15) is 0 Å². The molecule has 0 unspecified atom stereocenters. The molecule has 0 spiro atoms. The molecule has 3 rings (SSSR count). The molecule has 6 nitrogen and oxygen atoms in total. The molecule has 7 heteroatoms. The van der Waals surface area contributed by atoms with Crippen molar-refractivity contribution in [3.63, 3.8) is 0 Å². The summed E-state index contributed by atoms with van der Waals surface area (Å²) in [6.45, 7) is 1.09. The summed E-state index contributed by atoms with van der Waals surface area (Å²) in [6, 6.07) is 9.66. The van der Waals surface area contributed by atoms with E-state index in [4.69, 9.17) is 9.84 Å². The van der Waals surface area contributed by atoms with Gasteiger partial charge in [0.15, 0.2) is 0 Å². The Morgan fingerprint density at radius 2 is 2.08 bits per heavy atom. The zero-order valence-electron chi connectivity index (χ0n) is 13.6. The van der Waals surface area contributed by atoms with Crippen LogP contribution in [0, 0.1) is 0 Å². The number of hydrogen-bond donors (Lipinski definition) is 2. The van der Waals surface area contributed by atoms with E-state index >= 15 is 0 Å². The van der Waals surface area contributed by atoms with E-state index in [1.807, 2.05) is 42.3 Å². The Hall–Kier alpha value is -2.22. The molecule has 0 aliphatic carbocycles. The summed E-state index contributed by atoms with van der Waals surface area (Å²) in [5.74, 6) is 1.40. The maximum atomic E-state index is 12.3. The molecule has 2 aromatic heterocycles. The highest BCUT2D eigenvalue weighted by Crippen LogP contribution is 2.31. The summed E-state index contributed by atoms with van der Waals surface area (Å²) >= 11 is 1.43. The minimum atomic E-state index is -0.128. The maximum absolute atomic E-state index is 12.3. The zero-order valence-corrected chi connectivity index (χ0v) is 14.4. The van der Waals surface area contributed by atoms with Crippen LogP contribution < -0.4 is 10.3 Å². The number of aliphatic hydroxyl groups excluding tert-OH is 1. The van der Waals surface area contributed by atoms with Crippen LogP contribution in [0.4, 0.5) is 0 Å². The second kappa shape index (κ2) is 7.12. The molecule has 126 valence electrons. The lowest BCUT2D eigenvalue weighted by molar-refractivity contribution is 0.214. The number of H-pyrrole nitrogens is 1. The first-order valence-electron chi connectivity index (χ1n) is 7.57. The molecule has 0 aliphatic rings. The fourth-order valence-electron chi connectivity index (χ4n) is 2.47. The standard InChI is InChI=1S/C17H19N3O3S/c1-20(7-8-21)10-15-18-13-9-14(24-16(13)17(22)19-15)11-3-5-12(23-2)6-4-11/h3-6,9,21H,7-8,10H2,1-2H3,(H,18,19,22). The number of likely N-dealkylation sites (N-methyl/N-ethyl adjacent to an activating group) is 1. The number of nitrogens with zero attached hydrogens (tertiary/aromatic N) is 2. The molecule has 0 saturated heterocycles. The van der Waals surface area contributed by atoms with Crippen LogP contribution in [-0.4, -0.2) is 47.3 Å². The van der Waals surface area contributed by atoms with Crippen LogP contribution in [0.1, 0.15) is 5.82 Å². The Morgan fingerprint density at radius 1 is 1.33 bits per heavy atom. The van der Waals surface area contributed by atoms with Crippen LogP contribution in [0.5, 0.6) is 5.75 Å². The van der Waals surface area contributed by atoms with E-state index < -0.39 is 0 Å². The first-order valence-corrected chi connectivity index (χ1v) is 8.39. The third kappa shape index (κ3) is 3.48. The normalized spacial score (nSPS) is 11.3. The first-order chi connectivity index (χ1) is 11.6. The van der Waals surface area contributed by atoms with Gasteiger partial charge in [-0.25, -0.2) is 4.98 Å². The summed E-state index contributed by atoms with van der Waals surface area (Å²) in [5, 5.41) is 8.97. The summed E-state index contributed by atoms with van der Waals surface area (Å²) < 4.78 is 5.79. The Labute approximate surface area is 143 Å². The van der Waals surface area contributed by atoms with Crippen LogP contribution >= 0.6 is 11.3 Å². The summed E-state index contributed by atoms with van der Waals surface area (Å²) in [7, 11) is 3.50. The fraction of sp³-hybridized carbons (Fsp3) is 0.294. The van der Waals surface area contributed by atoms with Gasteiger partial charge in [-0.3, -0.25) is 9.69 Å². The van der Waals surface area contributed by atoms with Crippen molar-refractivity contribution in [1.29, 1.82) is 0 Å². The van der Waals surface area contributed by atoms with Gasteiger partial charge in [-0.1, -0.05) is 0 Å². The van der Waals surface area contributed by atoms with Crippen LogP contribution in [0.15, 0.2) is 35.1 Å². The van der Waals surface area contributed by atoms with Crippen molar-refractivity contribution in [2.45, 2.75) is 6.54 Å². The van der Waals surface area contributed by atoms with Gasteiger partial charge >= 0.3 is 0 Å². The number of hydrogen-bond acceptors (Lipinski definition) is 6. The maximum Gasteiger partial charge on any atom is 0.268 e. The van der Waals surface area contributed by atoms with Crippen molar-refractivity contribution in [2.24, 2.45) is 0 Å². The van der Waals surface area contributed by atoms with Crippen molar-refractivity contribution >= 4 is 21.6 Å². The molecule has 3 aromatic rings. The summed E-state index contributed by atoms with van der Waals surface area (Å²) in [5.41, 5.74) is 1.59. The lowest BCUT2D eigenvalue weighted by atomic mass is 10.2. The smallest absolute Gasteiger partial charge is 0.268 e. The van der Waals surface area contributed by atoms with Crippen LogP contribution in [0.2, 0.25) is 0 Å². The van der Waals surface area contributed by atoms with Crippen LogP contribution in [-0.2, 0) is 6.54 Å². The van der Waals surface area contributed by atoms with E-state index in [1.165, 1.54) is 11.3 Å². The van der Waals surface area contributed by atoms with E-state index in [0.29, 0.717) is 29.1 Å². The Bertz CT molecular complexity index is 886. The number of thiophene rings is 1. The van der Waals surface area contributed by atoms with Gasteiger partial charge in [0.1, 0.15) is 16.3 Å². The van der Waals surface area contributed by atoms with E-state index in [1.54, 1.807) is 7.11 Å². The topological polar surface area (TPSA) is 78.5 Å². The van der Waals surface area contributed by atoms with Gasteiger partial charge in [-0.15, -0.1) is 11.3 Å². The van der Waals surface area contributed by atoms with Crippen molar-refractivity contribution in [3.8, 4) is 16.2 Å². The number of ether oxygens (including phenoxy) is 1. The molecule has 0 fully saturated rings. The third-order valence-corrected chi connectivity index (χ3v) is 4.88. The van der Waals surface area contributed by atoms with Gasteiger partial charge in [0.2, 0.25) is 0 Å². The van der Waals surface area contributed by atoms with Crippen molar-refractivity contribution in [3.05, 3.63) is 46.5 Å². The molecular weight excluding hydrogens is 326 g/mol. The molecular formula is C17H19N3O3S. The molecule has 2 heterocycles. The monoisotopic (exact) mass is 345 g/mol. The summed E-state index contributed by atoms with van der Waals surface area (Å²) in [4.78, 5) is 22.6. The fourth-order valence-corrected chi connectivity index (χ4v) is 3.46. The molecule has 0 saturated carbocycles. The van der Waals surface area contributed by atoms with Crippen LogP contribution in [0.25, 0.3) is 20.7 Å². The van der Waals surface area contributed by atoms with Crippen molar-refractivity contribution < 1.29 is 9.84 Å². The highest BCUT2D eigenvalue weighted by atomic mass is 32.1. The number of fused-ring (bicyclic) bond motifs is 1. The van der Waals surface area contributed by atoms with Gasteiger partial charge < -0.3 is 14.8 Å². The molecule has 0 amide bonds. The highest BCUT2D eigenvalue weighted by Gasteiger charge is 2.11. The van der Waals surface area contributed by atoms with E-state index in [9.17, 15) is 4.79 Å². The SMILES string of the molecule is COc1ccc(-c2cc3nc(CN(C)CCO)[nH]c(=O)c3s2)cc1. The Balaban J connectivity index is 1.95. The van der Waals surface area contributed by atoms with E-state index in [2.05, 4.69) is 9.97 Å². The van der Waals surface area contributed by atoms with Gasteiger partial charge in [-0.05, 0) is 42.9 Å². The van der Waals surface area contributed by atoms with Crippen molar-refractivity contribution in [2.75, 3.05) is 27.3 Å². The van der Waals surface area contributed by atoms with Crippen molar-refractivity contribution in [1.82, 2.24) is 14.9 Å². The molecule has 2 N–H and O–H groups in total. The number of benzene rings is 1. The first kappa shape index (κ1) is 16.6. The molecule has 24 heavy (non-hydrogen) atoms. The number of aliphatic hydroxyl groups is 1. The second-order valence-electron chi connectivity index (χ2n) is 5.53. The minimum absolute atomic E-state index is 0.0725. The van der Waals surface area contributed by atoms with E-state index in [0.717, 1.165) is 16.2 Å². The number of aromatic nitrogens is 2. The lowest BCUT2D eigenvalue weighted by Crippen LogP contribution is -2.24. The number of aromatic amines is 1. The zero-order chi connectivity index (χ0) is 17.1. The third-order valence-electron chi connectivity index (χ3n) is 3.71. The average molecular weight is 345 g/mol. The van der Waals surface area contributed by atoms with Gasteiger partial charge in [0, 0.05) is 11.4 Å². The van der Waals surface area contributed by atoms with E-state index in [-0.39, 0.29) is 12.2 Å². The predicted octanol–water partition coefficient (Wildman–Crippen LogP) is 2.08. The average Bonchev–Trinajstić information content (AvgIpc) is 3.00. The quantitative estimate of drug-likeness (QED) is 0.715. The largest absolute Gasteiger partial charge is 0.497 e. The predicted molar refractivity (Wildman–Crippen MR) is 95.6 cm³/mol. The number of methoxy groups -OCH3 is 1. The van der Waals surface area contributed by atoms with Gasteiger partial charge in [0.25, 0.3) is 5.56 Å². The second-order valence-corrected chi connectivity index (χ2v) is 6.58.